The van der Waals surface area contributed by atoms with Crippen molar-refractivity contribution in [3.05, 3.63) is 58.3 Å². The van der Waals surface area contributed by atoms with Crippen molar-refractivity contribution in [1.29, 1.82) is 0 Å². The largest absolute Gasteiger partial charge is 0.490 e. The first kappa shape index (κ1) is 15.8. The van der Waals surface area contributed by atoms with Gasteiger partial charge in [0.25, 0.3) is 0 Å². The van der Waals surface area contributed by atoms with Gasteiger partial charge in [-0.15, -0.1) is 0 Å². The Morgan fingerprint density at radius 1 is 1.10 bits per heavy atom. The smallest absolute Gasteiger partial charge is 0.128 e. The van der Waals surface area contributed by atoms with Gasteiger partial charge in [0.05, 0.1) is 6.10 Å². The van der Waals surface area contributed by atoms with E-state index in [1.165, 1.54) is 18.2 Å². The van der Waals surface area contributed by atoms with Gasteiger partial charge in [0.2, 0.25) is 0 Å². The predicted octanol–water partition coefficient (Wildman–Crippen LogP) is 4.10. The summed E-state index contributed by atoms with van der Waals surface area (Å²) in [6, 6.07) is 11.5. The third kappa shape index (κ3) is 4.72. The summed E-state index contributed by atoms with van der Waals surface area (Å²) in [6.07, 6.45) is -0.715. The van der Waals surface area contributed by atoms with E-state index >= 15 is 0 Å². The molecule has 0 amide bonds. The van der Waals surface area contributed by atoms with E-state index in [2.05, 4.69) is 15.9 Å². The van der Waals surface area contributed by atoms with Gasteiger partial charge in [0.1, 0.15) is 30.5 Å². The van der Waals surface area contributed by atoms with Crippen LogP contribution in [0.5, 0.6) is 11.5 Å². The number of hydrogen-bond donors (Lipinski definition) is 1. The summed E-state index contributed by atoms with van der Waals surface area (Å²) < 4.78 is 25.2. The Morgan fingerprint density at radius 3 is 2.43 bits per heavy atom. The molecule has 2 rings (SSSR count). The van der Waals surface area contributed by atoms with Crippen LogP contribution in [0.25, 0.3) is 0 Å². The van der Waals surface area contributed by atoms with Gasteiger partial charge in [0, 0.05) is 16.1 Å². The molecule has 0 aliphatic heterocycles. The van der Waals surface area contributed by atoms with E-state index < -0.39 is 11.9 Å². The van der Waals surface area contributed by atoms with Crippen molar-refractivity contribution >= 4 is 15.9 Å². The van der Waals surface area contributed by atoms with E-state index in [1.54, 1.807) is 6.92 Å². The first-order valence-corrected chi connectivity index (χ1v) is 7.34. The monoisotopic (exact) mass is 354 g/mol. The Kier molecular flexibility index (Phi) is 5.59. The SMILES string of the molecule is CC(O)c1ccc(F)cc1OCCOc1ccc(Br)cc1. The molecule has 0 aliphatic rings. The molecule has 0 fully saturated rings. The highest BCUT2D eigenvalue weighted by Crippen LogP contribution is 2.26. The normalized spacial score (nSPS) is 12.0. The van der Waals surface area contributed by atoms with Crippen molar-refractivity contribution < 1.29 is 19.0 Å². The lowest BCUT2D eigenvalue weighted by Crippen LogP contribution is -2.10. The Bertz CT molecular complexity index is 585. The molecule has 0 aromatic heterocycles. The Hall–Kier alpha value is -1.59. The second kappa shape index (κ2) is 7.43. The van der Waals surface area contributed by atoms with Gasteiger partial charge in [-0.25, -0.2) is 4.39 Å². The maximum atomic E-state index is 13.2. The zero-order valence-electron chi connectivity index (χ0n) is 11.6. The van der Waals surface area contributed by atoms with Crippen molar-refractivity contribution in [2.45, 2.75) is 13.0 Å². The number of halogens is 2. The summed E-state index contributed by atoms with van der Waals surface area (Å²) in [5, 5.41) is 9.62. The highest BCUT2D eigenvalue weighted by Gasteiger charge is 2.10. The van der Waals surface area contributed by atoms with Gasteiger partial charge in [-0.1, -0.05) is 15.9 Å². The third-order valence-electron chi connectivity index (χ3n) is 2.85. The van der Waals surface area contributed by atoms with Crippen LogP contribution < -0.4 is 9.47 Å². The van der Waals surface area contributed by atoms with Crippen molar-refractivity contribution in [3.63, 3.8) is 0 Å². The maximum absolute atomic E-state index is 13.2. The van der Waals surface area contributed by atoms with Crippen LogP contribution in [0.15, 0.2) is 46.9 Å². The lowest BCUT2D eigenvalue weighted by molar-refractivity contribution is 0.181. The van der Waals surface area contributed by atoms with E-state index in [1.807, 2.05) is 24.3 Å². The second-order valence-corrected chi connectivity index (χ2v) is 5.42. The molecular formula is C16H16BrFO3. The quantitative estimate of drug-likeness (QED) is 0.793. The molecular weight excluding hydrogens is 339 g/mol. The molecule has 0 saturated carbocycles. The summed E-state index contributed by atoms with van der Waals surface area (Å²) in [5.41, 5.74) is 0.556. The molecule has 5 heteroatoms. The Labute approximate surface area is 131 Å². The first-order chi connectivity index (χ1) is 10.1. The molecule has 2 aromatic rings. The molecule has 0 saturated heterocycles. The summed E-state index contributed by atoms with van der Waals surface area (Å²) in [6.45, 7) is 2.20. The van der Waals surface area contributed by atoms with Gasteiger partial charge in [-0.05, 0) is 43.3 Å². The second-order valence-electron chi connectivity index (χ2n) is 4.51. The maximum Gasteiger partial charge on any atom is 0.128 e. The van der Waals surface area contributed by atoms with Gasteiger partial charge < -0.3 is 14.6 Å². The lowest BCUT2D eigenvalue weighted by Gasteiger charge is -2.14. The fraction of sp³-hybridized carbons (Fsp3) is 0.250. The number of ether oxygens (including phenoxy) is 2. The van der Waals surface area contributed by atoms with Crippen LogP contribution >= 0.6 is 15.9 Å². The highest BCUT2D eigenvalue weighted by molar-refractivity contribution is 9.10. The minimum Gasteiger partial charge on any atom is -0.490 e. The van der Waals surface area contributed by atoms with Crippen LogP contribution in [-0.4, -0.2) is 18.3 Å². The summed E-state index contributed by atoms with van der Waals surface area (Å²) >= 11 is 3.35. The molecule has 0 heterocycles. The van der Waals surface area contributed by atoms with Crippen LogP contribution in [0.3, 0.4) is 0 Å². The fourth-order valence-corrected chi connectivity index (χ4v) is 2.08. The van der Waals surface area contributed by atoms with E-state index in [0.29, 0.717) is 17.9 Å². The van der Waals surface area contributed by atoms with Crippen molar-refractivity contribution in [3.8, 4) is 11.5 Å². The van der Waals surface area contributed by atoms with Gasteiger partial charge in [0.15, 0.2) is 0 Å². The molecule has 0 radical (unpaired) electrons. The van der Waals surface area contributed by atoms with E-state index in [9.17, 15) is 9.50 Å². The summed E-state index contributed by atoms with van der Waals surface area (Å²) in [7, 11) is 0. The highest BCUT2D eigenvalue weighted by atomic mass is 79.9. The number of hydrogen-bond acceptors (Lipinski definition) is 3. The van der Waals surface area contributed by atoms with Crippen molar-refractivity contribution in [1.82, 2.24) is 0 Å². The van der Waals surface area contributed by atoms with Gasteiger partial charge in [-0.2, -0.15) is 0 Å². The third-order valence-corrected chi connectivity index (χ3v) is 3.38. The molecule has 1 N–H and O–H groups in total. The number of aliphatic hydroxyl groups is 1. The average molecular weight is 355 g/mol. The average Bonchev–Trinajstić information content (AvgIpc) is 2.45. The molecule has 21 heavy (non-hydrogen) atoms. The molecule has 0 bridgehead atoms. The van der Waals surface area contributed by atoms with Crippen LogP contribution in [0.4, 0.5) is 4.39 Å². The lowest BCUT2D eigenvalue weighted by atomic mass is 10.1. The summed E-state index contributed by atoms with van der Waals surface area (Å²) in [4.78, 5) is 0. The van der Waals surface area contributed by atoms with Crippen LogP contribution in [0, 0.1) is 5.82 Å². The van der Waals surface area contributed by atoms with Crippen LogP contribution in [0.2, 0.25) is 0 Å². The van der Waals surface area contributed by atoms with Crippen LogP contribution in [0.1, 0.15) is 18.6 Å². The van der Waals surface area contributed by atoms with Crippen LogP contribution in [-0.2, 0) is 0 Å². The molecule has 0 spiro atoms. The van der Waals surface area contributed by atoms with Gasteiger partial charge in [-0.3, -0.25) is 0 Å². The van der Waals surface area contributed by atoms with E-state index in [-0.39, 0.29) is 6.61 Å². The minimum absolute atomic E-state index is 0.263. The minimum atomic E-state index is -0.715. The number of aliphatic hydroxyl groups excluding tert-OH is 1. The van der Waals surface area contributed by atoms with Crippen molar-refractivity contribution in [2.24, 2.45) is 0 Å². The zero-order valence-corrected chi connectivity index (χ0v) is 13.1. The molecule has 2 aromatic carbocycles. The Balaban J connectivity index is 1.88. The predicted molar refractivity (Wildman–Crippen MR) is 82.2 cm³/mol. The topological polar surface area (TPSA) is 38.7 Å². The first-order valence-electron chi connectivity index (χ1n) is 6.55. The number of benzene rings is 2. The Morgan fingerprint density at radius 2 is 1.76 bits per heavy atom. The van der Waals surface area contributed by atoms with E-state index in [4.69, 9.17) is 9.47 Å². The molecule has 0 aliphatic carbocycles. The summed E-state index contributed by atoms with van der Waals surface area (Å²) in [5.74, 6) is 0.671. The molecule has 1 atom stereocenters. The molecule has 1 unspecified atom stereocenters. The standard InChI is InChI=1S/C16H16BrFO3/c1-11(19)15-7-4-13(18)10-16(15)21-9-8-20-14-5-2-12(17)3-6-14/h2-7,10-11,19H,8-9H2,1H3. The number of rotatable bonds is 6. The molecule has 3 nitrogen and oxygen atoms in total. The van der Waals surface area contributed by atoms with E-state index in [0.717, 1.165) is 10.2 Å². The fourth-order valence-electron chi connectivity index (χ4n) is 1.82. The molecule has 112 valence electrons. The van der Waals surface area contributed by atoms with Gasteiger partial charge >= 0.3 is 0 Å². The zero-order chi connectivity index (χ0) is 15.2. The van der Waals surface area contributed by atoms with Crippen molar-refractivity contribution in [2.75, 3.05) is 13.2 Å².